The van der Waals surface area contributed by atoms with Crippen LogP contribution in [-0.4, -0.2) is 11.7 Å². The molecule has 0 heterocycles. The van der Waals surface area contributed by atoms with Crippen molar-refractivity contribution in [2.75, 3.05) is 5.75 Å². The molecule has 0 radical (unpaired) electrons. The minimum absolute atomic E-state index is 0.0953. The third-order valence-electron chi connectivity index (χ3n) is 1.33. The van der Waals surface area contributed by atoms with Crippen molar-refractivity contribution in [1.82, 2.24) is 0 Å². The van der Waals surface area contributed by atoms with E-state index in [4.69, 9.17) is 4.18 Å². The molecule has 0 aliphatic carbocycles. The van der Waals surface area contributed by atoms with Crippen LogP contribution >= 0.6 is 21.9 Å². The lowest BCUT2D eigenvalue weighted by molar-refractivity contribution is -0.140. The molecule has 0 saturated carbocycles. The van der Waals surface area contributed by atoms with E-state index in [9.17, 15) is 4.79 Å². The summed E-state index contributed by atoms with van der Waals surface area (Å²) in [6.45, 7) is 9.75. The lowest BCUT2D eigenvalue weighted by atomic mass is 9.95. The maximum absolute atomic E-state index is 10.6. The van der Waals surface area contributed by atoms with Crippen molar-refractivity contribution in [1.29, 1.82) is 0 Å². The van der Waals surface area contributed by atoms with Gasteiger partial charge in [-0.2, -0.15) is 5.90 Å². The van der Waals surface area contributed by atoms with Gasteiger partial charge in [-0.15, -0.1) is 0 Å². The van der Waals surface area contributed by atoms with E-state index in [2.05, 4.69) is 17.3 Å². The second-order valence-corrected chi connectivity index (χ2v) is 5.52. The number of hydrogen-bond donors (Lipinski definition) is 1. The molecule has 0 aromatic heterocycles. The summed E-state index contributed by atoms with van der Waals surface area (Å²) in [7, 11) is 1.21. The molecule has 82 valence electrons. The molecule has 2 N–H and O–H groups in total. The summed E-state index contributed by atoms with van der Waals surface area (Å²) in [5.74, 6) is 4.99. The Kier molecular flexibility index (Phi) is 6.06. The molecule has 0 aromatic rings. The molecular formula is C8H15NO3S2. The van der Waals surface area contributed by atoms with Gasteiger partial charge in [0, 0.05) is 5.41 Å². The van der Waals surface area contributed by atoms with Crippen LogP contribution in [0.4, 0.5) is 0 Å². The number of carbonyl (C=O) groups excluding carboxylic acids is 1. The Hall–Kier alpha value is -0.330. The van der Waals surface area contributed by atoms with Crippen molar-refractivity contribution in [3.8, 4) is 0 Å². The number of hydrogen-bond acceptors (Lipinski definition) is 6. The number of carbonyl (C=O) groups is 1. The van der Waals surface area contributed by atoms with E-state index in [0.29, 0.717) is 5.76 Å². The van der Waals surface area contributed by atoms with Gasteiger partial charge in [0.15, 0.2) is 0 Å². The Morgan fingerprint density at radius 2 is 2.07 bits per heavy atom. The lowest BCUT2D eigenvalue weighted by Crippen LogP contribution is -2.11. The van der Waals surface area contributed by atoms with Crippen molar-refractivity contribution in [3.05, 3.63) is 12.3 Å². The highest BCUT2D eigenvalue weighted by atomic mass is 33.1. The molecular weight excluding hydrogens is 222 g/mol. The van der Waals surface area contributed by atoms with Gasteiger partial charge in [0.25, 0.3) is 0 Å². The summed E-state index contributed by atoms with van der Waals surface area (Å²) >= 11 is 1.09. The van der Waals surface area contributed by atoms with E-state index in [1.807, 2.05) is 20.8 Å². The van der Waals surface area contributed by atoms with Crippen LogP contribution in [0.25, 0.3) is 0 Å². The quantitative estimate of drug-likeness (QED) is 0.260. The highest BCUT2D eigenvalue weighted by molar-refractivity contribution is 8.75. The van der Waals surface area contributed by atoms with E-state index in [1.165, 1.54) is 10.8 Å². The van der Waals surface area contributed by atoms with E-state index >= 15 is 0 Å². The molecule has 0 bridgehead atoms. The zero-order valence-corrected chi connectivity index (χ0v) is 10.2. The maximum Gasteiger partial charge on any atom is 0.335 e. The zero-order chi connectivity index (χ0) is 11.2. The van der Waals surface area contributed by atoms with Crippen LogP contribution in [-0.2, 0) is 13.8 Å². The Balaban J connectivity index is 3.56. The highest BCUT2D eigenvalue weighted by Crippen LogP contribution is 2.32. The molecule has 6 heteroatoms. The molecule has 0 aliphatic rings. The SMILES string of the molecule is C=C(OSSCC(=O)ON)C(C)(C)C. The summed E-state index contributed by atoms with van der Waals surface area (Å²) in [4.78, 5) is 14.6. The molecule has 0 atom stereocenters. The molecule has 0 saturated heterocycles. The second-order valence-electron chi connectivity index (χ2n) is 3.58. The summed E-state index contributed by atoms with van der Waals surface area (Å²) in [5, 5.41) is 0. The average molecular weight is 237 g/mol. The van der Waals surface area contributed by atoms with E-state index < -0.39 is 5.97 Å². The third-order valence-corrected chi connectivity index (χ3v) is 2.89. The van der Waals surface area contributed by atoms with Crippen LogP contribution in [0.2, 0.25) is 0 Å². The van der Waals surface area contributed by atoms with E-state index in [0.717, 1.165) is 11.1 Å². The van der Waals surface area contributed by atoms with Gasteiger partial charge >= 0.3 is 5.97 Å². The van der Waals surface area contributed by atoms with Gasteiger partial charge in [0.1, 0.15) is 22.6 Å². The second kappa shape index (κ2) is 6.21. The van der Waals surface area contributed by atoms with Gasteiger partial charge in [-0.05, 0) is 10.8 Å². The largest absolute Gasteiger partial charge is 0.419 e. The summed E-state index contributed by atoms with van der Waals surface area (Å²) in [6, 6.07) is 0. The topological polar surface area (TPSA) is 61.5 Å². The first-order valence-corrected chi connectivity index (χ1v) is 6.17. The van der Waals surface area contributed by atoms with Crippen LogP contribution in [0.1, 0.15) is 20.8 Å². The number of allylic oxidation sites excluding steroid dienone is 1. The smallest absolute Gasteiger partial charge is 0.335 e. The molecule has 0 aliphatic heterocycles. The van der Waals surface area contributed by atoms with Gasteiger partial charge in [-0.3, -0.25) is 0 Å². The number of rotatable bonds is 5. The monoisotopic (exact) mass is 237 g/mol. The minimum atomic E-state index is -0.479. The van der Waals surface area contributed by atoms with Crippen molar-refractivity contribution in [3.63, 3.8) is 0 Å². The van der Waals surface area contributed by atoms with Gasteiger partial charge in [0.05, 0.1) is 0 Å². The molecule has 0 fully saturated rings. The summed E-state index contributed by atoms with van der Waals surface area (Å²) in [6.07, 6.45) is 0. The standard InChI is InChI=1S/C8H15NO3S2/c1-6(8(2,3)4)12-14-13-5-7(10)11-9/h1,5,9H2,2-4H3. The van der Waals surface area contributed by atoms with Crippen LogP contribution in [0, 0.1) is 5.41 Å². The fourth-order valence-electron chi connectivity index (χ4n) is 0.296. The molecule has 0 amide bonds. The van der Waals surface area contributed by atoms with E-state index in [-0.39, 0.29) is 11.2 Å². The summed E-state index contributed by atoms with van der Waals surface area (Å²) in [5.41, 5.74) is -0.0953. The third kappa shape index (κ3) is 6.17. The van der Waals surface area contributed by atoms with Crippen molar-refractivity contribution >= 4 is 27.8 Å². The van der Waals surface area contributed by atoms with Crippen LogP contribution in [0.15, 0.2) is 12.3 Å². The Bertz CT molecular complexity index is 213. The first-order chi connectivity index (χ1) is 6.38. The average Bonchev–Trinajstić information content (AvgIpc) is 2.09. The van der Waals surface area contributed by atoms with Crippen molar-refractivity contribution in [2.24, 2.45) is 11.3 Å². The summed E-state index contributed by atoms with van der Waals surface area (Å²) < 4.78 is 5.24. The highest BCUT2D eigenvalue weighted by Gasteiger charge is 2.17. The fraction of sp³-hybridized carbons (Fsp3) is 0.625. The number of nitrogens with two attached hydrogens (primary N) is 1. The Labute approximate surface area is 92.1 Å². The lowest BCUT2D eigenvalue weighted by Gasteiger charge is -2.19. The van der Waals surface area contributed by atoms with Gasteiger partial charge in [-0.25, -0.2) is 4.79 Å². The van der Waals surface area contributed by atoms with Crippen LogP contribution in [0.5, 0.6) is 0 Å². The minimum Gasteiger partial charge on any atom is -0.419 e. The fourth-order valence-corrected chi connectivity index (χ4v) is 1.71. The predicted molar refractivity (Wildman–Crippen MR) is 60.0 cm³/mol. The van der Waals surface area contributed by atoms with Gasteiger partial charge < -0.3 is 9.02 Å². The predicted octanol–water partition coefficient (Wildman–Crippen LogP) is 2.28. The Morgan fingerprint density at radius 1 is 1.50 bits per heavy atom. The van der Waals surface area contributed by atoms with Crippen LogP contribution in [0.3, 0.4) is 0 Å². The van der Waals surface area contributed by atoms with Crippen molar-refractivity contribution < 1.29 is 13.8 Å². The van der Waals surface area contributed by atoms with Crippen molar-refractivity contribution in [2.45, 2.75) is 20.8 Å². The van der Waals surface area contributed by atoms with Gasteiger partial charge in [-0.1, -0.05) is 27.4 Å². The molecule has 0 rings (SSSR count). The molecule has 0 aromatic carbocycles. The normalized spacial score (nSPS) is 10.9. The molecule has 0 unspecified atom stereocenters. The first kappa shape index (κ1) is 13.7. The first-order valence-electron chi connectivity index (χ1n) is 3.93. The molecule has 0 spiro atoms. The zero-order valence-electron chi connectivity index (χ0n) is 8.53. The molecule has 4 nitrogen and oxygen atoms in total. The Morgan fingerprint density at radius 3 is 2.50 bits per heavy atom. The maximum atomic E-state index is 10.6. The van der Waals surface area contributed by atoms with Gasteiger partial charge in [0.2, 0.25) is 0 Å². The van der Waals surface area contributed by atoms with Crippen LogP contribution < -0.4 is 5.90 Å². The van der Waals surface area contributed by atoms with E-state index in [1.54, 1.807) is 0 Å². The molecule has 14 heavy (non-hydrogen) atoms.